The smallest absolute Gasteiger partial charge is 0.321 e. The number of carbonyl (C=O) groups is 1. The summed E-state index contributed by atoms with van der Waals surface area (Å²) in [6.45, 7) is 11.8. The number of amides is 2. The number of anilines is 1. The van der Waals surface area contributed by atoms with Crippen molar-refractivity contribution >= 4 is 22.9 Å². The van der Waals surface area contributed by atoms with Crippen LogP contribution in [0, 0.1) is 0 Å². The molecule has 0 saturated carbocycles. The van der Waals surface area contributed by atoms with Gasteiger partial charge in [-0.25, -0.2) is 14.8 Å². The maximum absolute atomic E-state index is 12.6. The molecule has 0 radical (unpaired) electrons. The fraction of sp³-hybridized carbons (Fsp3) is 0.458. The lowest BCUT2D eigenvalue weighted by Crippen LogP contribution is -2.50. The van der Waals surface area contributed by atoms with Crippen molar-refractivity contribution in [1.29, 1.82) is 0 Å². The van der Waals surface area contributed by atoms with E-state index in [4.69, 9.17) is 9.72 Å². The highest BCUT2D eigenvalue weighted by Gasteiger charge is 2.22. The Labute approximate surface area is 189 Å². The van der Waals surface area contributed by atoms with Gasteiger partial charge in [-0.05, 0) is 43.3 Å². The number of nitrogens with zero attached hydrogens (tertiary/aromatic N) is 5. The van der Waals surface area contributed by atoms with Crippen LogP contribution in [0.3, 0.4) is 0 Å². The molecule has 1 aliphatic rings. The van der Waals surface area contributed by atoms with Gasteiger partial charge in [0.1, 0.15) is 17.1 Å². The third kappa shape index (κ3) is 5.02. The average molecular weight is 437 g/mol. The molecule has 0 spiro atoms. The first-order chi connectivity index (χ1) is 15.5. The summed E-state index contributed by atoms with van der Waals surface area (Å²) in [5.41, 5.74) is 2.68. The highest BCUT2D eigenvalue weighted by atomic mass is 16.5. The molecule has 1 fully saturated rings. The van der Waals surface area contributed by atoms with E-state index in [1.165, 1.54) is 0 Å². The Kier molecular flexibility index (Phi) is 6.90. The predicted octanol–water partition coefficient (Wildman–Crippen LogP) is 3.80. The largest absolute Gasteiger partial charge is 0.494 e. The SMILES string of the molecule is CCOc1ccc(NC(=O)N2CCN(CCn3c(C(C)C)nc4cccnc43)CC2)cc1. The number of piperazine rings is 1. The van der Waals surface area contributed by atoms with Gasteiger partial charge in [0.05, 0.1) is 6.61 Å². The molecule has 0 unspecified atom stereocenters. The topological polar surface area (TPSA) is 75.5 Å². The molecule has 0 atom stereocenters. The molecule has 8 heteroatoms. The molecule has 3 heterocycles. The number of benzene rings is 1. The number of fused-ring (bicyclic) bond motifs is 1. The standard InChI is InChI=1S/C24H32N6O2/c1-4-32-20-9-7-19(8-10-20)26-24(31)29-15-12-28(13-16-29)14-17-30-22(18(2)3)27-21-6-5-11-25-23(21)30/h5-11,18H,4,12-17H2,1-3H3,(H,26,31). The van der Waals surface area contributed by atoms with Gasteiger partial charge in [0.15, 0.2) is 5.65 Å². The molecule has 4 rings (SSSR count). The average Bonchev–Trinajstić information content (AvgIpc) is 3.18. The Morgan fingerprint density at radius 2 is 1.84 bits per heavy atom. The second-order valence-corrected chi connectivity index (χ2v) is 8.34. The minimum atomic E-state index is -0.0549. The second-order valence-electron chi connectivity index (χ2n) is 8.34. The number of carbonyl (C=O) groups excluding carboxylic acids is 1. The van der Waals surface area contributed by atoms with Crippen molar-refractivity contribution in [1.82, 2.24) is 24.3 Å². The minimum Gasteiger partial charge on any atom is -0.494 e. The molecule has 2 aromatic heterocycles. The van der Waals surface area contributed by atoms with Crippen molar-refractivity contribution in [2.24, 2.45) is 0 Å². The van der Waals surface area contributed by atoms with Crippen LogP contribution in [0.15, 0.2) is 42.6 Å². The number of rotatable bonds is 7. The van der Waals surface area contributed by atoms with Crippen molar-refractivity contribution in [2.45, 2.75) is 33.2 Å². The number of hydrogen-bond donors (Lipinski definition) is 1. The lowest BCUT2D eigenvalue weighted by atomic mass is 10.2. The van der Waals surface area contributed by atoms with E-state index in [1.807, 2.05) is 54.4 Å². The molecule has 2 amide bonds. The molecular formula is C24H32N6O2. The highest BCUT2D eigenvalue weighted by Crippen LogP contribution is 2.20. The van der Waals surface area contributed by atoms with Gasteiger partial charge < -0.3 is 19.5 Å². The lowest BCUT2D eigenvalue weighted by molar-refractivity contribution is 0.144. The zero-order chi connectivity index (χ0) is 22.5. The third-order valence-corrected chi connectivity index (χ3v) is 5.77. The van der Waals surface area contributed by atoms with Gasteiger partial charge in [0.2, 0.25) is 0 Å². The van der Waals surface area contributed by atoms with Crippen LogP contribution in [0.1, 0.15) is 32.5 Å². The van der Waals surface area contributed by atoms with Crippen LogP contribution in [0.5, 0.6) is 5.75 Å². The first-order valence-corrected chi connectivity index (χ1v) is 11.4. The molecular weight excluding hydrogens is 404 g/mol. The number of pyridine rings is 1. The van der Waals surface area contributed by atoms with Gasteiger partial charge in [0, 0.05) is 57.1 Å². The summed E-state index contributed by atoms with van der Waals surface area (Å²) in [4.78, 5) is 26.2. The summed E-state index contributed by atoms with van der Waals surface area (Å²) >= 11 is 0. The zero-order valence-electron chi connectivity index (χ0n) is 19.1. The number of nitrogens with one attached hydrogen (secondary N) is 1. The number of imidazole rings is 1. The van der Waals surface area contributed by atoms with Crippen molar-refractivity contribution in [3.63, 3.8) is 0 Å². The molecule has 1 aliphatic heterocycles. The molecule has 0 bridgehead atoms. The Balaban J connectivity index is 1.29. The summed E-state index contributed by atoms with van der Waals surface area (Å²) in [5.74, 6) is 2.22. The van der Waals surface area contributed by atoms with Crippen LogP contribution in [0.4, 0.5) is 10.5 Å². The molecule has 1 saturated heterocycles. The first kappa shape index (κ1) is 22.1. The Bertz CT molecular complexity index is 1040. The molecule has 8 nitrogen and oxygen atoms in total. The summed E-state index contributed by atoms with van der Waals surface area (Å²) < 4.78 is 7.69. The van der Waals surface area contributed by atoms with E-state index < -0.39 is 0 Å². The van der Waals surface area contributed by atoms with E-state index in [0.29, 0.717) is 25.6 Å². The molecule has 1 N–H and O–H groups in total. The Hall–Kier alpha value is -3.13. The first-order valence-electron chi connectivity index (χ1n) is 11.4. The highest BCUT2D eigenvalue weighted by molar-refractivity contribution is 5.89. The Morgan fingerprint density at radius 3 is 2.53 bits per heavy atom. The molecule has 1 aromatic carbocycles. The number of urea groups is 1. The van der Waals surface area contributed by atoms with Gasteiger partial charge in [0.25, 0.3) is 0 Å². The van der Waals surface area contributed by atoms with Crippen LogP contribution in [-0.4, -0.2) is 69.7 Å². The van der Waals surface area contributed by atoms with Gasteiger partial charge in [-0.2, -0.15) is 0 Å². The normalized spacial score (nSPS) is 14.8. The summed E-state index contributed by atoms with van der Waals surface area (Å²) in [6, 6.07) is 11.4. The predicted molar refractivity (Wildman–Crippen MR) is 126 cm³/mol. The molecule has 32 heavy (non-hydrogen) atoms. The number of ether oxygens (including phenoxy) is 1. The van der Waals surface area contributed by atoms with E-state index in [9.17, 15) is 4.79 Å². The Morgan fingerprint density at radius 1 is 1.09 bits per heavy atom. The zero-order valence-corrected chi connectivity index (χ0v) is 19.1. The summed E-state index contributed by atoms with van der Waals surface area (Å²) in [7, 11) is 0. The molecule has 3 aromatic rings. The summed E-state index contributed by atoms with van der Waals surface area (Å²) in [6.07, 6.45) is 1.83. The second kappa shape index (κ2) is 9.99. The third-order valence-electron chi connectivity index (χ3n) is 5.77. The minimum absolute atomic E-state index is 0.0549. The lowest BCUT2D eigenvalue weighted by Gasteiger charge is -2.34. The van der Waals surface area contributed by atoms with Gasteiger partial charge in [-0.1, -0.05) is 13.8 Å². The fourth-order valence-electron chi connectivity index (χ4n) is 4.06. The van der Waals surface area contributed by atoms with E-state index >= 15 is 0 Å². The quantitative estimate of drug-likeness (QED) is 0.610. The van der Waals surface area contributed by atoms with Crippen LogP contribution >= 0.6 is 0 Å². The molecule has 170 valence electrons. The van der Waals surface area contributed by atoms with Crippen LogP contribution in [0.2, 0.25) is 0 Å². The van der Waals surface area contributed by atoms with Crippen LogP contribution < -0.4 is 10.1 Å². The monoisotopic (exact) mass is 436 g/mol. The maximum atomic E-state index is 12.6. The van der Waals surface area contributed by atoms with Crippen molar-refractivity contribution in [3.8, 4) is 5.75 Å². The number of aromatic nitrogens is 3. The van der Waals surface area contributed by atoms with E-state index in [0.717, 1.165) is 54.6 Å². The van der Waals surface area contributed by atoms with Crippen molar-refractivity contribution < 1.29 is 9.53 Å². The van der Waals surface area contributed by atoms with Crippen LogP contribution in [0.25, 0.3) is 11.2 Å². The van der Waals surface area contributed by atoms with Crippen molar-refractivity contribution in [3.05, 3.63) is 48.4 Å². The van der Waals surface area contributed by atoms with E-state index in [1.54, 1.807) is 0 Å². The van der Waals surface area contributed by atoms with E-state index in [2.05, 4.69) is 33.6 Å². The molecule has 0 aliphatic carbocycles. The number of hydrogen-bond acceptors (Lipinski definition) is 5. The summed E-state index contributed by atoms with van der Waals surface area (Å²) in [5, 5.41) is 2.98. The fourth-order valence-corrected chi connectivity index (χ4v) is 4.06. The van der Waals surface area contributed by atoms with Gasteiger partial charge >= 0.3 is 6.03 Å². The van der Waals surface area contributed by atoms with Gasteiger partial charge in [-0.15, -0.1) is 0 Å². The van der Waals surface area contributed by atoms with Gasteiger partial charge in [-0.3, -0.25) is 4.90 Å². The van der Waals surface area contributed by atoms with E-state index in [-0.39, 0.29) is 6.03 Å². The van der Waals surface area contributed by atoms with Crippen LogP contribution in [-0.2, 0) is 6.54 Å². The van der Waals surface area contributed by atoms with Crippen molar-refractivity contribution in [2.75, 3.05) is 44.6 Å². The maximum Gasteiger partial charge on any atom is 0.321 e.